The van der Waals surface area contributed by atoms with Gasteiger partial charge in [0.2, 0.25) is 0 Å². The molecule has 5 heteroatoms. The van der Waals surface area contributed by atoms with Gasteiger partial charge in [-0.15, -0.1) is 0 Å². The van der Waals surface area contributed by atoms with Crippen LogP contribution in [0.2, 0.25) is 0 Å². The standard InChI is InChI=1S/C26H38O5/c1-25-14-12-18(31-24(30)7-5-3-4-6-23(28)29)16-17(25)8-9-19-20-10-11-22(27)26(20,2)15-13-21(19)25/h8,18-21H,3-7,9-16H2,1-2H3,(H,28,29)/t18-,19-,20-,21-,25-,26-/m0/s1. The third-order valence-corrected chi connectivity index (χ3v) is 9.34. The number of aliphatic carboxylic acids is 1. The molecule has 4 rings (SSSR count). The van der Waals surface area contributed by atoms with Gasteiger partial charge in [-0.1, -0.05) is 31.9 Å². The van der Waals surface area contributed by atoms with Gasteiger partial charge in [0.05, 0.1) is 0 Å². The Morgan fingerprint density at radius 1 is 1.03 bits per heavy atom. The van der Waals surface area contributed by atoms with Crippen LogP contribution < -0.4 is 0 Å². The van der Waals surface area contributed by atoms with Crippen molar-refractivity contribution in [2.24, 2.45) is 28.6 Å². The molecule has 3 saturated carbocycles. The van der Waals surface area contributed by atoms with E-state index < -0.39 is 5.97 Å². The highest BCUT2D eigenvalue weighted by Crippen LogP contribution is 2.64. The summed E-state index contributed by atoms with van der Waals surface area (Å²) in [5, 5.41) is 8.68. The number of ether oxygens (including phenoxy) is 1. The lowest BCUT2D eigenvalue weighted by molar-refractivity contribution is -0.151. The van der Waals surface area contributed by atoms with Gasteiger partial charge in [-0.2, -0.15) is 0 Å². The zero-order chi connectivity index (χ0) is 22.2. The molecule has 3 fully saturated rings. The number of ketones is 1. The van der Waals surface area contributed by atoms with Gasteiger partial charge in [0.25, 0.3) is 0 Å². The highest BCUT2D eigenvalue weighted by molar-refractivity contribution is 5.87. The van der Waals surface area contributed by atoms with Gasteiger partial charge >= 0.3 is 11.9 Å². The number of unbranched alkanes of at least 4 members (excludes halogenated alkanes) is 2. The third kappa shape index (κ3) is 4.21. The molecule has 0 aromatic carbocycles. The molecule has 6 atom stereocenters. The lowest BCUT2D eigenvalue weighted by Gasteiger charge is -2.56. The van der Waals surface area contributed by atoms with Crippen molar-refractivity contribution in [1.29, 1.82) is 0 Å². The number of carbonyl (C=O) groups excluding carboxylic acids is 2. The molecule has 0 radical (unpaired) electrons. The van der Waals surface area contributed by atoms with E-state index in [0.29, 0.717) is 42.8 Å². The van der Waals surface area contributed by atoms with Crippen LogP contribution in [0.5, 0.6) is 0 Å². The Morgan fingerprint density at radius 2 is 1.74 bits per heavy atom. The minimum atomic E-state index is -0.780. The van der Waals surface area contributed by atoms with Gasteiger partial charge in [-0.25, -0.2) is 0 Å². The van der Waals surface area contributed by atoms with Crippen LogP contribution in [0.3, 0.4) is 0 Å². The quantitative estimate of drug-likeness (QED) is 0.329. The van der Waals surface area contributed by atoms with Crippen LogP contribution in [0.1, 0.15) is 97.3 Å². The van der Waals surface area contributed by atoms with E-state index in [9.17, 15) is 14.4 Å². The summed E-state index contributed by atoms with van der Waals surface area (Å²) in [6.07, 6.45) is 13.0. The van der Waals surface area contributed by atoms with Crippen molar-refractivity contribution >= 4 is 17.7 Å². The Bertz CT molecular complexity index is 770. The molecule has 0 bridgehead atoms. The number of esters is 1. The monoisotopic (exact) mass is 430 g/mol. The molecule has 0 aromatic rings. The van der Waals surface area contributed by atoms with Gasteiger partial charge in [0.1, 0.15) is 11.9 Å². The number of hydrogen-bond acceptors (Lipinski definition) is 4. The fourth-order valence-corrected chi connectivity index (χ4v) is 7.47. The van der Waals surface area contributed by atoms with E-state index in [2.05, 4.69) is 19.9 Å². The lowest BCUT2D eigenvalue weighted by atomic mass is 9.48. The van der Waals surface area contributed by atoms with Crippen molar-refractivity contribution in [1.82, 2.24) is 0 Å². The summed E-state index contributed by atoms with van der Waals surface area (Å²) in [4.78, 5) is 35.4. The summed E-state index contributed by atoms with van der Waals surface area (Å²) in [7, 11) is 0. The number of carboxylic acids is 1. The lowest BCUT2D eigenvalue weighted by Crippen LogP contribution is -2.50. The zero-order valence-corrected chi connectivity index (χ0v) is 19.2. The fourth-order valence-electron chi connectivity index (χ4n) is 7.47. The SMILES string of the molecule is C[C@]12CC[C@H](OC(=O)CCCCCC(=O)O)CC1=CC[C@@H]1[C@@H]2CC[C@]2(C)C(=O)CC[C@@H]12. The molecule has 0 heterocycles. The summed E-state index contributed by atoms with van der Waals surface area (Å²) in [6.45, 7) is 4.65. The molecular formula is C26H38O5. The minimum Gasteiger partial charge on any atom is -0.481 e. The molecular weight excluding hydrogens is 392 g/mol. The summed E-state index contributed by atoms with van der Waals surface area (Å²) >= 11 is 0. The van der Waals surface area contributed by atoms with Crippen molar-refractivity contribution in [3.8, 4) is 0 Å². The first-order valence-corrected chi connectivity index (χ1v) is 12.4. The van der Waals surface area contributed by atoms with Crippen molar-refractivity contribution in [2.45, 2.75) is 103 Å². The molecule has 172 valence electrons. The maximum Gasteiger partial charge on any atom is 0.306 e. The van der Waals surface area contributed by atoms with Crippen molar-refractivity contribution in [3.05, 3.63) is 11.6 Å². The van der Waals surface area contributed by atoms with Gasteiger partial charge in [0.15, 0.2) is 0 Å². The van der Waals surface area contributed by atoms with E-state index in [4.69, 9.17) is 9.84 Å². The van der Waals surface area contributed by atoms with Crippen LogP contribution in [0.4, 0.5) is 0 Å². The molecule has 0 aromatic heterocycles. The highest BCUT2D eigenvalue weighted by atomic mass is 16.5. The average molecular weight is 431 g/mol. The number of carboxylic acid groups (broad SMARTS) is 1. The topological polar surface area (TPSA) is 80.7 Å². The van der Waals surface area contributed by atoms with Gasteiger partial charge < -0.3 is 9.84 Å². The fraction of sp³-hybridized carbons (Fsp3) is 0.808. The van der Waals surface area contributed by atoms with Gasteiger partial charge in [0, 0.05) is 31.1 Å². The molecule has 0 amide bonds. The highest BCUT2D eigenvalue weighted by Gasteiger charge is 2.58. The second kappa shape index (κ2) is 8.71. The first-order valence-electron chi connectivity index (χ1n) is 12.4. The first-order chi connectivity index (χ1) is 14.7. The molecule has 1 N–H and O–H groups in total. The summed E-state index contributed by atoms with van der Waals surface area (Å²) in [5.41, 5.74) is 1.59. The van der Waals surface area contributed by atoms with Crippen molar-refractivity contribution in [3.63, 3.8) is 0 Å². The first kappa shape index (κ1) is 22.5. The van der Waals surface area contributed by atoms with E-state index in [0.717, 1.165) is 57.8 Å². The van der Waals surface area contributed by atoms with E-state index >= 15 is 0 Å². The number of Topliss-reactive ketones (excluding diaryl/α,β-unsaturated/α-hetero) is 1. The molecule has 4 aliphatic carbocycles. The molecule has 0 saturated heterocycles. The molecule has 4 aliphatic rings. The van der Waals surface area contributed by atoms with Crippen molar-refractivity contribution in [2.75, 3.05) is 0 Å². The summed E-state index contributed by atoms with van der Waals surface area (Å²) in [6, 6.07) is 0. The number of allylic oxidation sites excluding steroid dienone is 1. The van der Waals surface area contributed by atoms with E-state index in [1.807, 2.05) is 0 Å². The predicted molar refractivity (Wildman–Crippen MR) is 117 cm³/mol. The average Bonchev–Trinajstić information content (AvgIpc) is 3.02. The van der Waals surface area contributed by atoms with Crippen LogP contribution in [0.25, 0.3) is 0 Å². The summed E-state index contributed by atoms with van der Waals surface area (Å²) < 4.78 is 5.81. The molecule has 31 heavy (non-hydrogen) atoms. The maximum absolute atomic E-state index is 12.6. The largest absolute Gasteiger partial charge is 0.481 e. The predicted octanol–water partition coefficient (Wildman–Crippen LogP) is 5.47. The Balaban J connectivity index is 1.33. The zero-order valence-electron chi connectivity index (χ0n) is 19.2. The van der Waals surface area contributed by atoms with Crippen LogP contribution in [-0.4, -0.2) is 28.9 Å². The van der Waals surface area contributed by atoms with E-state index in [-0.39, 0.29) is 29.3 Å². The number of carbonyl (C=O) groups is 3. The number of rotatable bonds is 7. The second-order valence-electron chi connectivity index (χ2n) is 11.0. The molecule has 0 aliphatic heterocycles. The van der Waals surface area contributed by atoms with E-state index in [1.54, 1.807) is 0 Å². The Kier molecular flexibility index (Phi) is 6.33. The Morgan fingerprint density at radius 3 is 2.52 bits per heavy atom. The van der Waals surface area contributed by atoms with Crippen LogP contribution >= 0.6 is 0 Å². The van der Waals surface area contributed by atoms with Crippen LogP contribution in [-0.2, 0) is 19.1 Å². The van der Waals surface area contributed by atoms with Crippen LogP contribution in [0.15, 0.2) is 11.6 Å². The second-order valence-corrected chi connectivity index (χ2v) is 11.0. The smallest absolute Gasteiger partial charge is 0.306 e. The molecule has 5 nitrogen and oxygen atoms in total. The normalized spacial score (nSPS) is 39.2. The number of fused-ring (bicyclic) bond motifs is 5. The van der Waals surface area contributed by atoms with Gasteiger partial charge in [-0.05, 0) is 74.5 Å². The molecule has 0 unspecified atom stereocenters. The van der Waals surface area contributed by atoms with E-state index in [1.165, 1.54) is 5.57 Å². The molecule has 0 spiro atoms. The Hall–Kier alpha value is -1.65. The number of hydrogen-bond donors (Lipinski definition) is 1. The summed E-state index contributed by atoms with van der Waals surface area (Å²) in [5.74, 6) is 1.40. The Labute approximate surface area is 186 Å². The van der Waals surface area contributed by atoms with Crippen molar-refractivity contribution < 1.29 is 24.2 Å². The van der Waals surface area contributed by atoms with Gasteiger partial charge in [-0.3, -0.25) is 14.4 Å². The maximum atomic E-state index is 12.6. The minimum absolute atomic E-state index is 0.0238. The third-order valence-electron chi connectivity index (χ3n) is 9.34. The van der Waals surface area contributed by atoms with Crippen LogP contribution in [0, 0.1) is 28.6 Å².